The van der Waals surface area contributed by atoms with Gasteiger partial charge in [-0.2, -0.15) is 0 Å². The van der Waals surface area contributed by atoms with Crippen LogP contribution in [-0.4, -0.2) is 24.6 Å². The molecule has 0 N–H and O–H groups in total. The van der Waals surface area contributed by atoms with Crippen molar-refractivity contribution >= 4 is 23.3 Å². The minimum atomic E-state index is -0.605. The Kier molecular flexibility index (Phi) is 5.54. The van der Waals surface area contributed by atoms with Gasteiger partial charge in [0, 0.05) is 32.3 Å². The maximum atomic E-state index is 11.4. The summed E-state index contributed by atoms with van der Waals surface area (Å²) in [5.74, 6) is -0.245. The fraction of sp³-hybridized carbons (Fsp3) is 0.364. The zero-order valence-electron chi connectivity index (χ0n) is 9.72. The number of carbonyl (C=O) groups excluding carboxylic acids is 1. The van der Waals surface area contributed by atoms with Crippen LogP contribution in [0.15, 0.2) is 18.2 Å². The van der Waals surface area contributed by atoms with Crippen molar-refractivity contribution in [1.82, 2.24) is 0 Å². The molecular formula is C11H12ClNO5. The average Bonchev–Trinajstić information content (AvgIpc) is 2.28. The van der Waals surface area contributed by atoms with Crippen LogP contribution in [0.1, 0.15) is 12.8 Å². The second-order valence-electron chi connectivity index (χ2n) is 3.44. The van der Waals surface area contributed by atoms with Gasteiger partial charge in [-0.15, -0.1) is 0 Å². The first-order valence-corrected chi connectivity index (χ1v) is 5.56. The van der Waals surface area contributed by atoms with Gasteiger partial charge in [0.1, 0.15) is 10.8 Å². The predicted octanol–water partition coefficient (Wildman–Crippen LogP) is 2.58. The summed E-state index contributed by atoms with van der Waals surface area (Å²) in [7, 11) is 1.54. The van der Waals surface area contributed by atoms with E-state index in [1.54, 1.807) is 7.11 Å². The first-order chi connectivity index (χ1) is 8.54. The van der Waals surface area contributed by atoms with E-state index in [-0.39, 0.29) is 22.9 Å². The molecule has 0 aliphatic heterocycles. The van der Waals surface area contributed by atoms with Gasteiger partial charge >= 0.3 is 5.97 Å². The van der Waals surface area contributed by atoms with Crippen molar-refractivity contribution in [3.63, 3.8) is 0 Å². The smallest absolute Gasteiger partial charge is 0.311 e. The minimum Gasteiger partial charge on any atom is -0.426 e. The quantitative estimate of drug-likeness (QED) is 0.262. The van der Waals surface area contributed by atoms with Gasteiger partial charge < -0.3 is 9.47 Å². The molecule has 18 heavy (non-hydrogen) atoms. The number of rotatable bonds is 6. The third kappa shape index (κ3) is 4.31. The normalized spacial score (nSPS) is 10.1. The summed E-state index contributed by atoms with van der Waals surface area (Å²) < 4.78 is 9.77. The lowest BCUT2D eigenvalue weighted by Crippen LogP contribution is -2.08. The first kappa shape index (κ1) is 14.4. The predicted molar refractivity (Wildman–Crippen MR) is 64.9 cm³/mol. The van der Waals surface area contributed by atoms with Crippen LogP contribution >= 0.6 is 11.6 Å². The molecule has 0 aliphatic carbocycles. The molecule has 0 heterocycles. The molecule has 0 unspecified atom stereocenters. The number of methoxy groups -OCH3 is 1. The largest absolute Gasteiger partial charge is 0.426 e. The Morgan fingerprint density at radius 2 is 2.22 bits per heavy atom. The van der Waals surface area contributed by atoms with Crippen molar-refractivity contribution in [3.8, 4) is 5.75 Å². The van der Waals surface area contributed by atoms with Crippen LogP contribution in [0.2, 0.25) is 5.02 Å². The van der Waals surface area contributed by atoms with Crippen molar-refractivity contribution in [2.24, 2.45) is 0 Å². The zero-order valence-corrected chi connectivity index (χ0v) is 10.5. The van der Waals surface area contributed by atoms with Crippen molar-refractivity contribution in [2.75, 3.05) is 13.7 Å². The summed E-state index contributed by atoms with van der Waals surface area (Å²) in [4.78, 5) is 21.3. The van der Waals surface area contributed by atoms with E-state index in [1.165, 1.54) is 18.2 Å². The minimum absolute atomic E-state index is 0.0674. The molecular weight excluding hydrogens is 262 g/mol. The maximum absolute atomic E-state index is 11.4. The van der Waals surface area contributed by atoms with E-state index < -0.39 is 10.9 Å². The Morgan fingerprint density at radius 3 is 2.78 bits per heavy atom. The monoisotopic (exact) mass is 273 g/mol. The van der Waals surface area contributed by atoms with Crippen molar-refractivity contribution in [2.45, 2.75) is 12.8 Å². The maximum Gasteiger partial charge on any atom is 0.311 e. The number of nitro benzene ring substituents is 1. The molecule has 0 radical (unpaired) electrons. The standard InChI is InChI=1S/C11H12ClNO5/c1-17-6-2-3-11(14)18-8-4-5-10(13(15)16)9(12)7-8/h4-5,7H,2-3,6H2,1H3. The van der Waals surface area contributed by atoms with Crippen LogP contribution in [0.4, 0.5) is 5.69 Å². The number of halogens is 1. The van der Waals surface area contributed by atoms with Crippen LogP contribution in [0.5, 0.6) is 5.75 Å². The molecule has 0 aromatic heterocycles. The highest BCUT2D eigenvalue weighted by Crippen LogP contribution is 2.28. The molecule has 0 saturated heterocycles. The van der Waals surface area contributed by atoms with Gasteiger partial charge in [-0.25, -0.2) is 0 Å². The molecule has 98 valence electrons. The number of benzene rings is 1. The Bertz CT molecular complexity index is 449. The van der Waals surface area contributed by atoms with Crippen molar-refractivity contribution in [3.05, 3.63) is 33.3 Å². The molecule has 1 aromatic rings. The highest BCUT2D eigenvalue weighted by atomic mass is 35.5. The van der Waals surface area contributed by atoms with E-state index in [0.29, 0.717) is 13.0 Å². The van der Waals surface area contributed by atoms with Gasteiger partial charge in [0.15, 0.2) is 0 Å². The zero-order chi connectivity index (χ0) is 13.5. The van der Waals surface area contributed by atoms with E-state index in [2.05, 4.69) is 0 Å². The van der Waals surface area contributed by atoms with Crippen molar-refractivity contribution < 1.29 is 19.2 Å². The molecule has 0 atom stereocenters. The van der Waals surface area contributed by atoms with Gasteiger partial charge in [-0.05, 0) is 12.5 Å². The average molecular weight is 274 g/mol. The fourth-order valence-corrected chi connectivity index (χ4v) is 1.48. The summed E-state index contributed by atoms with van der Waals surface area (Å²) in [6.07, 6.45) is 0.762. The third-order valence-corrected chi connectivity index (χ3v) is 2.38. The number of nitro groups is 1. The molecule has 1 aromatic carbocycles. The lowest BCUT2D eigenvalue weighted by atomic mass is 10.3. The number of nitrogens with zero attached hydrogens (tertiary/aromatic N) is 1. The van der Waals surface area contributed by atoms with E-state index in [1.807, 2.05) is 0 Å². The highest BCUT2D eigenvalue weighted by molar-refractivity contribution is 6.32. The van der Waals surface area contributed by atoms with E-state index in [9.17, 15) is 14.9 Å². The summed E-state index contributed by atoms with van der Waals surface area (Å²) in [6.45, 7) is 0.468. The lowest BCUT2D eigenvalue weighted by molar-refractivity contribution is -0.384. The first-order valence-electron chi connectivity index (χ1n) is 5.18. The summed E-state index contributed by atoms with van der Waals surface area (Å²) in [5.41, 5.74) is -0.226. The van der Waals surface area contributed by atoms with Crippen LogP contribution in [-0.2, 0) is 9.53 Å². The number of ether oxygens (including phenoxy) is 2. The highest BCUT2D eigenvalue weighted by Gasteiger charge is 2.14. The Hall–Kier alpha value is -1.66. The van der Waals surface area contributed by atoms with E-state index >= 15 is 0 Å². The SMILES string of the molecule is COCCCC(=O)Oc1ccc([N+](=O)[O-])c(Cl)c1. The molecule has 0 saturated carbocycles. The molecule has 6 nitrogen and oxygen atoms in total. The molecule has 1 rings (SSSR count). The number of hydrogen-bond acceptors (Lipinski definition) is 5. The van der Waals surface area contributed by atoms with Crippen LogP contribution in [0.25, 0.3) is 0 Å². The Balaban J connectivity index is 2.60. The van der Waals surface area contributed by atoms with E-state index in [0.717, 1.165) is 0 Å². The molecule has 0 amide bonds. The third-order valence-electron chi connectivity index (χ3n) is 2.08. The fourth-order valence-electron chi connectivity index (χ4n) is 1.24. The topological polar surface area (TPSA) is 78.7 Å². The van der Waals surface area contributed by atoms with Gasteiger partial charge in [0.2, 0.25) is 0 Å². The second-order valence-corrected chi connectivity index (χ2v) is 3.85. The Labute approximate surface area is 109 Å². The van der Waals surface area contributed by atoms with Crippen LogP contribution in [0.3, 0.4) is 0 Å². The summed E-state index contributed by atoms with van der Waals surface area (Å²) in [6, 6.07) is 3.77. The van der Waals surface area contributed by atoms with Gasteiger partial charge in [-0.3, -0.25) is 14.9 Å². The molecule has 0 aliphatic rings. The Morgan fingerprint density at radius 1 is 1.50 bits per heavy atom. The lowest BCUT2D eigenvalue weighted by Gasteiger charge is -2.04. The summed E-state index contributed by atoms with van der Waals surface area (Å²) in [5, 5.41) is 10.5. The molecule has 0 fully saturated rings. The van der Waals surface area contributed by atoms with Gasteiger partial charge in [-0.1, -0.05) is 11.6 Å². The van der Waals surface area contributed by atoms with Crippen molar-refractivity contribution in [1.29, 1.82) is 0 Å². The number of esters is 1. The number of carbonyl (C=O) groups is 1. The van der Waals surface area contributed by atoms with E-state index in [4.69, 9.17) is 21.1 Å². The van der Waals surface area contributed by atoms with Gasteiger partial charge in [0.05, 0.1) is 4.92 Å². The van der Waals surface area contributed by atoms with Crippen LogP contribution in [0, 0.1) is 10.1 Å². The number of hydrogen-bond donors (Lipinski definition) is 0. The second kappa shape index (κ2) is 6.93. The molecule has 7 heteroatoms. The van der Waals surface area contributed by atoms with Crippen LogP contribution < -0.4 is 4.74 Å². The summed E-state index contributed by atoms with van der Waals surface area (Å²) >= 11 is 5.68. The van der Waals surface area contributed by atoms with Gasteiger partial charge in [0.25, 0.3) is 5.69 Å². The molecule has 0 bridgehead atoms. The molecule has 0 spiro atoms.